The minimum absolute atomic E-state index is 0.0413. The first kappa shape index (κ1) is 20.2. The SMILES string of the molecule is O=c1[nH]c(=O)n([C@H]2C[C@@H]3O[P+](O)(OCc4cc(F)cc(F)c4)OC[C@H]3O2)cc1F. The Kier molecular flexibility index (Phi) is 5.32. The van der Waals surface area contributed by atoms with Crippen LogP contribution in [0.4, 0.5) is 13.2 Å². The maximum Gasteiger partial charge on any atom is 0.573 e. The van der Waals surface area contributed by atoms with E-state index in [1.165, 1.54) is 0 Å². The molecule has 0 bridgehead atoms. The van der Waals surface area contributed by atoms with E-state index in [0.29, 0.717) is 6.07 Å². The topological polar surface area (TPSA) is 112 Å². The number of hydrogen-bond acceptors (Lipinski definition) is 7. The Bertz CT molecular complexity index is 1030. The number of aromatic nitrogens is 2. The number of aromatic amines is 1. The van der Waals surface area contributed by atoms with Gasteiger partial charge in [0.2, 0.25) is 5.82 Å². The van der Waals surface area contributed by atoms with E-state index in [4.69, 9.17) is 18.3 Å². The monoisotopic (exact) mass is 435 g/mol. The zero-order valence-corrected chi connectivity index (χ0v) is 15.5. The summed E-state index contributed by atoms with van der Waals surface area (Å²) in [6, 6.07) is 2.77. The molecule has 2 N–H and O–H groups in total. The maximum atomic E-state index is 13.5. The number of rotatable bonds is 4. The first-order valence-electron chi connectivity index (χ1n) is 8.43. The normalized spacial score (nSPS) is 29.0. The summed E-state index contributed by atoms with van der Waals surface area (Å²) in [7, 11) is -3.82. The largest absolute Gasteiger partial charge is 0.573 e. The standard InChI is InChI=1S/C16H14F3N2O7P/c17-9-1-8(2-10(18)3-9)6-25-29(24)26-7-13-12(28-29)4-14(27-13)21-5-11(19)15(22)20-16(21)23/h1-3,5,12-14,24H,4,6-7H2/p+1/t12-,13+,14+,29?/m0/s1. The molecule has 9 nitrogen and oxygen atoms in total. The maximum absolute atomic E-state index is 13.5. The number of fused-ring (bicyclic) bond motifs is 1. The van der Waals surface area contributed by atoms with Crippen molar-refractivity contribution in [2.75, 3.05) is 6.61 Å². The van der Waals surface area contributed by atoms with Crippen LogP contribution in [0.2, 0.25) is 0 Å². The predicted molar refractivity (Wildman–Crippen MR) is 90.9 cm³/mol. The fourth-order valence-electron chi connectivity index (χ4n) is 3.09. The molecule has 29 heavy (non-hydrogen) atoms. The van der Waals surface area contributed by atoms with Crippen LogP contribution in [0.25, 0.3) is 0 Å². The van der Waals surface area contributed by atoms with Crippen LogP contribution in [0.1, 0.15) is 18.2 Å². The van der Waals surface area contributed by atoms with E-state index in [0.717, 1.165) is 22.9 Å². The fraction of sp³-hybridized carbons (Fsp3) is 0.375. The molecule has 0 amide bonds. The van der Waals surface area contributed by atoms with Crippen LogP contribution < -0.4 is 11.2 Å². The van der Waals surface area contributed by atoms with Gasteiger partial charge in [0.15, 0.2) is 0 Å². The molecule has 2 saturated heterocycles. The van der Waals surface area contributed by atoms with Gasteiger partial charge in [-0.05, 0) is 17.7 Å². The van der Waals surface area contributed by atoms with Gasteiger partial charge in [0.05, 0.1) is 6.20 Å². The van der Waals surface area contributed by atoms with Crippen molar-refractivity contribution in [2.45, 2.75) is 31.5 Å². The first-order chi connectivity index (χ1) is 13.7. The van der Waals surface area contributed by atoms with Gasteiger partial charge in [0.25, 0.3) is 5.56 Å². The van der Waals surface area contributed by atoms with Gasteiger partial charge >= 0.3 is 13.9 Å². The van der Waals surface area contributed by atoms with Gasteiger partial charge in [-0.25, -0.2) is 13.6 Å². The lowest BCUT2D eigenvalue weighted by Gasteiger charge is -2.26. The summed E-state index contributed by atoms with van der Waals surface area (Å²) in [5, 5.41) is 0. The average molecular weight is 435 g/mol. The predicted octanol–water partition coefficient (Wildman–Crippen LogP) is 1.54. The van der Waals surface area contributed by atoms with Gasteiger partial charge in [0, 0.05) is 12.5 Å². The third-order valence-electron chi connectivity index (χ3n) is 4.40. The van der Waals surface area contributed by atoms with Crippen molar-refractivity contribution in [1.29, 1.82) is 0 Å². The van der Waals surface area contributed by atoms with Crippen molar-refractivity contribution in [1.82, 2.24) is 9.55 Å². The number of hydrogen-bond donors (Lipinski definition) is 2. The third-order valence-corrected chi connectivity index (χ3v) is 5.87. The fourth-order valence-corrected chi connectivity index (χ4v) is 4.50. The van der Waals surface area contributed by atoms with Gasteiger partial charge in [-0.15, -0.1) is 9.05 Å². The van der Waals surface area contributed by atoms with E-state index < -0.39 is 55.3 Å². The van der Waals surface area contributed by atoms with E-state index >= 15 is 0 Å². The van der Waals surface area contributed by atoms with Crippen LogP contribution >= 0.6 is 8.17 Å². The average Bonchev–Trinajstić information content (AvgIpc) is 3.05. The van der Waals surface area contributed by atoms with E-state index in [9.17, 15) is 27.7 Å². The van der Waals surface area contributed by atoms with Gasteiger partial charge < -0.3 is 4.74 Å². The molecule has 2 aliphatic heterocycles. The van der Waals surface area contributed by atoms with Crippen molar-refractivity contribution < 1.29 is 36.4 Å². The highest BCUT2D eigenvalue weighted by Crippen LogP contribution is 2.63. The van der Waals surface area contributed by atoms with E-state index in [2.05, 4.69) is 0 Å². The smallest absolute Gasteiger partial charge is 0.349 e. The van der Waals surface area contributed by atoms with Gasteiger partial charge in [-0.2, -0.15) is 13.8 Å². The molecule has 4 atom stereocenters. The number of halogens is 3. The molecule has 2 fully saturated rings. The van der Waals surface area contributed by atoms with Gasteiger partial charge in [-0.1, -0.05) is 0 Å². The lowest BCUT2D eigenvalue weighted by atomic mass is 10.2. The van der Waals surface area contributed by atoms with Crippen LogP contribution in [-0.2, 0) is 24.9 Å². The second-order valence-corrected chi connectivity index (χ2v) is 8.13. The minimum Gasteiger partial charge on any atom is -0.349 e. The molecule has 1 aromatic heterocycles. The van der Waals surface area contributed by atoms with Crippen LogP contribution in [0.15, 0.2) is 34.0 Å². The molecular weight excluding hydrogens is 420 g/mol. The Morgan fingerprint density at radius 3 is 2.66 bits per heavy atom. The lowest BCUT2D eigenvalue weighted by molar-refractivity contribution is -0.0829. The van der Waals surface area contributed by atoms with Crippen LogP contribution in [-0.4, -0.2) is 33.3 Å². The second kappa shape index (κ2) is 7.63. The summed E-state index contributed by atoms with van der Waals surface area (Å²) < 4.78 is 62.4. The van der Waals surface area contributed by atoms with Crippen LogP contribution in [0, 0.1) is 17.5 Å². The molecule has 1 aromatic carbocycles. The number of H-pyrrole nitrogens is 1. The van der Waals surface area contributed by atoms with E-state index in [-0.39, 0.29) is 25.2 Å². The number of nitrogens with zero attached hydrogens (tertiary/aromatic N) is 1. The van der Waals surface area contributed by atoms with Crippen molar-refractivity contribution in [3.05, 3.63) is 68.2 Å². The molecule has 3 heterocycles. The minimum atomic E-state index is -3.82. The zero-order valence-electron chi connectivity index (χ0n) is 14.6. The molecule has 2 aliphatic rings. The molecule has 0 radical (unpaired) electrons. The lowest BCUT2D eigenvalue weighted by Crippen LogP contribution is -2.35. The van der Waals surface area contributed by atoms with Gasteiger partial charge in [0.1, 0.15) is 43.3 Å². The molecule has 1 unspecified atom stereocenters. The van der Waals surface area contributed by atoms with Crippen molar-refractivity contribution in [2.24, 2.45) is 0 Å². The molecule has 2 aromatic rings. The number of ether oxygens (including phenoxy) is 1. The quantitative estimate of drug-likeness (QED) is 0.701. The Morgan fingerprint density at radius 1 is 1.21 bits per heavy atom. The summed E-state index contributed by atoms with van der Waals surface area (Å²) in [6.07, 6.45) is -1.63. The summed E-state index contributed by atoms with van der Waals surface area (Å²) >= 11 is 0. The zero-order chi connectivity index (χ0) is 20.8. The van der Waals surface area contributed by atoms with Crippen LogP contribution in [0.3, 0.4) is 0 Å². The first-order valence-corrected chi connectivity index (χ1v) is 9.93. The highest BCUT2D eigenvalue weighted by molar-refractivity contribution is 7.55. The molecule has 0 saturated carbocycles. The Hall–Kier alpha value is -2.08. The second-order valence-electron chi connectivity index (χ2n) is 6.47. The Balaban J connectivity index is 1.44. The summed E-state index contributed by atoms with van der Waals surface area (Å²) in [5.41, 5.74) is -1.89. The third kappa shape index (κ3) is 4.27. The number of nitrogens with one attached hydrogen (secondary N) is 1. The summed E-state index contributed by atoms with van der Waals surface area (Å²) in [6.45, 7) is -0.519. The molecule has 0 aliphatic carbocycles. The molecule has 13 heteroatoms. The Morgan fingerprint density at radius 2 is 1.93 bits per heavy atom. The summed E-state index contributed by atoms with van der Waals surface area (Å²) in [4.78, 5) is 35.3. The summed E-state index contributed by atoms with van der Waals surface area (Å²) in [5.74, 6) is -2.76. The van der Waals surface area contributed by atoms with Crippen molar-refractivity contribution in [3.63, 3.8) is 0 Å². The van der Waals surface area contributed by atoms with Crippen LogP contribution in [0.5, 0.6) is 0 Å². The molecule has 156 valence electrons. The van der Waals surface area contributed by atoms with Crippen molar-refractivity contribution >= 4 is 8.17 Å². The molecular formula is C16H15F3N2O7P+. The molecule has 4 rings (SSSR count). The Labute approximate surface area is 161 Å². The van der Waals surface area contributed by atoms with Crippen molar-refractivity contribution in [3.8, 4) is 0 Å². The van der Waals surface area contributed by atoms with E-state index in [1.807, 2.05) is 4.98 Å². The van der Waals surface area contributed by atoms with E-state index in [1.54, 1.807) is 0 Å². The highest BCUT2D eigenvalue weighted by atomic mass is 31.2. The molecule has 0 spiro atoms. The number of benzene rings is 1. The van der Waals surface area contributed by atoms with Gasteiger partial charge in [-0.3, -0.25) is 14.3 Å². The highest BCUT2D eigenvalue weighted by Gasteiger charge is 2.57.